The van der Waals surface area contributed by atoms with Crippen molar-refractivity contribution in [1.29, 1.82) is 0 Å². The lowest BCUT2D eigenvalue weighted by Gasteiger charge is -2.39. The lowest BCUT2D eigenvalue weighted by Crippen LogP contribution is -2.46. The standard InChI is InChI=1S/C21H32N6O/c1-3-20(28)26-8-5-21(6-9-26)7-10-27(16-21)19-15-18(22-17-23-19)25-13-11-24(4-2)12-14-25/h3,15,17H,1,4-14,16H2,2H3. The highest BCUT2D eigenvalue weighted by Gasteiger charge is 2.41. The fourth-order valence-electron chi connectivity index (χ4n) is 4.85. The summed E-state index contributed by atoms with van der Waals surface area (Å²) in [5.41, 5.74) is 0.315. The van der Waals surface area contributed by atoms with Gasteiger partial charge in [0.05, 0.1) is 0 Å². The van der Waals surface area contributed by atoms with Gasteiger partial charge in [0.25, 0.3) is 0 Å². The Hall–Kier alpha value is -2.15. The van der Waals surface area contributed by atoms with Crippen molar-refractivity contribution in [3.8, 4) is 0 Å². The zero-order valence-corrected chi connectivity index (χ0v) is 17.0. The van der Waals surface area contributed by atoms with Gasteiger partial charge in [-0.25, -0.2) is 9.97 Å². The number of hydrogen-bond donors (Lipinski definition) is 0. The molecule has 0 saturated carbocycles. The van der Waals surface area contributed by atoms with Crippen LogP contribution in [0.25, 0.3) is 0 Å². The molecule has 152 valence electrons. The molecular weight excluding hydrogens is 352 g/mol. The Morgan fingerprint density at radius 1 is 1.04 bits per heavy atom. The minimum absolute atomic E-state index is 0.0633. The number of likely N-dealkylation sites (N-methyl/N-ethyl adjacent to an activating group) is 1. The van der Waals surface area contributed by atoms with Gasteiger partial charge in [0, 0.05) is 58.4 Å². The lowest BCUT2D eigenvalue weighted by molar-refractivity contribution is -0.128. The molecule has 4 heterocycles. The lowest BCUT2D eigenvalue weighted by atomic mass is 9.78. The van der Waals surface area contributed by atoms with Crippen LogP contribution in [-0.4, -0.2) is 84.6 Å². The van der Waals surface area contributed by atoms with Gasteiger partial charge in [-0.1, -0.05) is 13.5 Å². The summed E-state index contributed by atoms with van der Waals surface area (Å²) < 4.78 is 0. The van der Waals surface area contributed by atoms with Crippen LogP contribution in [0.3, 0.4) is 0 Å². The minimum atomic E-state index is 0.0633. The first-order valence-corrected chi connectivity index (χ1v) is 10.6. The zero-order chi connectivity index (χ0) is 19.6. The molecule has 4 rings (SSSR count). The van der Waals surface area contributed by atoms with E-state index in [-0.39, 0.29) is 5.91 Å². The van der Waals surface area contributed by atoms with E-state index in [4.69, 9.17) is 0 Å². The molecule has 1 aromatic rings. The van der Waals surface area contributed by atoms with E-state index in [0.717, 1.165) is 83.4 Å². The van der Waals surface area contributed by atoms with Crippen LogP contribution < -0.4 is 9.80 Å². The van der Waals surface area contributed by atoms with Crippen LogP contribution in [0.2, 0.25) is 0 Å². The summed E-state index contributed by atoms with van der Waals surface area (Å²) >= 11 is 0. The first-order valence-electron chi connectivity index (χ1n) is 10.6. The third-order valence-corrected chi connectivity index (χ3v) is 6.85. The Morgan fingerprint density at radius 3 is 2.32 bits per heavy atom. The molecule has 3 aliphatic rings. The number of anilines is 2. The van der Waals surface area contributed by atoms with Crippen LogP contribution in [0, 0.1) is 5.41 Å². The molecule has 7 nitrogen and oxygen atoms in total. The Balaban J connectivity index is 1.38. The summed E-state index contributed by atoms with van der Waals surface area (Å²) in [5.74, 6) is 2.16. The van der Waals surface area contributed by atoms with Gasteiger partial charge in [0.15, 0.2) is 0 Å². The van der Waals surface area contributed by atoms with Crippen LogP contribution in [0.5, 0.6) is 0 Å². The van der Waals surface area contributed by atoms with E-state index in [1.807, 2.05) is 4.90 Å². The van der Waals surface area contributed by atoms with Crippen molar-refractivity contribution >= 4 is 17.5 Å². The zero-order valence-electron chi connectivity index (χ0n) is 17.0. The number of amides is 1. The average molecular weight is 385 g/mol. The monoisotopic (exact) mass is 384 g/mol. The molecule has 3 saturated heterocycles. The highest BCUT2D eigenvalue weighted by molar-refractivity contribution is 5.87. The van der Waals surface area contributed by atoms with Crippen LogP contribution >= 0.6 is 0 Å². The molecule has 0 aliphatic carbocycles. The molecule has 0 aromatic carbocycles. The van der Waals surface area contributed by atoms with Gasteiger partial charge in [-0.05, 0) is 37.3 Å². The Bertz CT molecular complexity index is 707. The van der Waals surface area contributed by atoms with Crippen molar-refractivity contribution in [3.63, 3.8) is 0 Å². The third kappa shape index (κ3) is 3.85. The number of hydrogen-bond acceptors (Lipinski definition) is 6. The summed E-state index contributed by atoms with van der Waals surface area (Å²) in [6.07, 6.45) is 6.46. The third-order valence-electron chi connectivity index (χ3n) is 6.85. The molecule has 0 bridgehead atoms. The topological polar surface area (TPSA) is 55.8 Å². The van der Waals surface area contributed by atoms with Gasteiger partial charge in [-0.3, -0.25) is 4.79 Å². The predicted octanol–water partition coefficient (Wildman–Crippen LogP) is 1.62. The molecule has 7 heteroatoms. The van der Waals surface area contributed by atoms with Crippen molar-refractivity contribution in [2.24, 2.45) is 5.41 Å². The van der Waals surface area contributed by atoms with Gasteiger partial charge >= 0.3 is 0 Å². The Labute approximate surface area is 168 Å². The molecule has 1 spiro atoms. The quantitative estimate of drug-likeness (QED) is 0.736. The van der Waals surface area contributed by atoms with E-state index < -0.39 is 0 Å². The predicted molar refractivity (Wildman–Crippen MR) is 112 cm³/mol. The van der Waals surface area contributed by atoms with Crippen LogP contribution in [0.15, 0.2) is 25.0 Å². The maximum atomic E-state index is 11.9. The number of piperazine rings is 1. The summed E-state index contributed by atoms with van der Waals surface area (Å²) in [4.78, 5) is 30.2. The van der Waals surface area contributed by atoms with E-state index in [0.29, 0.717) is 5.41 Å². The molecule has 0 atom stereocenters. The van der Waals surface area contributed by atoms with Gasteiger partial charge in [-0.15, -0.1) is 0 Å². The van der Waals surface area contributed by atoms with Gasteiger partial charge in [0.2, 0.25) is 5.91 Å². The molecular formula is C21H32N6O. The second-order valence-electron chi connectivity index (χ2n) is 8.36. The van der Waals surface area contributed by atoms with E-state index >= 15 is 0 Å². The number of carbonyl (C=O) groups excluding carboxylic acids is 1. The maximum Gasteiger partial charge on any atom is 0.245 e. The first kappa shape index (κ1) is 19.2. The molecule has 3 aliphatic heterocycles. The summed E-state index contributed by atoms with van der Waals surface area (Å²) in [5, 5.41) is 0. The van der Waals surface area contributed by atoms with Crippen LogP contribution in [0.1, 0.15) is 26.2 Å². The molecule has 1 aromatic heterocycles. The highest BCUT2D eigenvalue weighted by atomic mass is 16.2. The fourth-order valence-corrected chi connectivity index (χ4v) is 4.85. The summed E-state index contributed by atoms with van der Waals surface area (Å²) in [6.45, 7) is 15.0. The van der Waals surface area contributed by atoms with E-state index in [1.54, 1.807) is 6.33 Å². The highest BCUT2D eigenvalue weighted by Crippen LogP contribution is 2.41. The molecule has 0 N–H and O–H groups in total. The number of aromatic nitrogens is 2. The number of carbonyl (C=O) groups is 1. The van der Waals surface area contributed by atoms with E-state index in [2.05, 4.69) is 44.2 Å². The van der Waals surface area contributed by atoms with Gasteiger partial charge in [0.1, 0.15) is 18.0 Å². The molecule has 0 radical (unpaired) electrons. The number of piperidine rings is 1. The van der Waals surface area contributed by atoms with Crippen LogP contribution in [0.4, 0.5) is 11.6 Å². The van der Waals surface area contributed by atoms with Crippen molar-refractivity contribution in [3.05, 3.63) is 25.0 Å². The summed E-state index contributed by atoms with van der Waals surface area (Å²) in [7, 11) is 0. The molecule has 0 unspecified atom stereocenters. The normalized spacial score (nSPS) is 22.7. The van der Waals surface area contributed by atoms with Crippen LogP contribution in [-0.2, 0) is 4.79 Å². The van der Waals surface area contributed by atoms with Gasteiger partial charge < -0.3 is 19.6 Å². The first-order chi connectivity index (χ1) is 13.6. The van der Waals surface area contributed by atoms with E-state index in [1.165, 1.54) is 12.5 Å². The largest absolute Gasteiger partial charge is 0.356 e. The second-order valence-corrected chi connectivity index (χ2v) is 8.36. The average Bonchev–Trinajstić information content (AvgIpc) is 3.17. The SMILES string of the molecule is C=CC(=O)N1CCC2(CC1)CCN(c1cc(N3CCN(CC)CC3)ncn1)C2. The molecule has 28 heavy (non-hydrogen) atoms. The number of nitrogens with zero attached hydrogens (tertiary/aromatic N) is 6. The molecule has 3 fully saturated rings. The number of rotatable bonds is 4. The minimum Gasteiger partial charge on any atom is -0.356 e. The van der Waals surface area contributed by atoms with Gasteiger partial charge in [-0.2, -0.15) is 0 Å². The Morgan fingerprint density at radius 2 is 1.68 bits per heavy atom. The van der Waals surface area contributed by atoms with Crippen molar-refractivity contribution in [2.45, 2.75) is 26.2 Å². The smallest absolute Gasteiger partial charge is 0.245 e. The summed E-state index contributed by atoms with van der Waals surface area (Å²) in [6, 6.07) is 2.16. The van der Waals surface area contributed by atoms with Crippen molar-refractivity contribution in [2.75, 3.05) is 68.7 Å². The van der Waals surface area contributed by atoms with E-state index in [9.17, 15) is 4.79 Å². The van der Waals surface area contributed by atoms with Crippen molar-refractivity contribution < 1.29 is 4.79 Å². The maximum absolute atomic E-state index is 11.9. The fraction of sp³-hybridized carbons (Fsp3) is 0.667. The number of likely N-dealkylation sites (tertiary alicyclic amines) is 1. The Kier molecular flexibility index (Phi) is 5.53. The van der Waals surface area contributed by atoms with Crippen molar-refractivity contribution in [1.82, 2.24) is 19.8 Å². The second kappa shape index (κ2) is 8.07. The molecule has 1 amide bonds.